The summed E-state index contributed by atoms with van der Waals surface area (Å²) in [5.74, 6) is 2.28. The Labute approximate surface area is 87.9 Å². The normalized spacial score (nSPS) is 22.7. The van der Waals surface area contributed by atoms with Crippen molar-refractivity contribution in [3.05, 3.63) is 12.0 Å². The molecule has 2 heterocycles. The summed E-state index contributed by atoms with van der Waals surface area (Å²) < 4.78 is 5.39. The molecule has 1 aromatic rings. The zero-order valence-electron chi connectivity index (χ0n) is 8.27. The van der Waals surface area contributed by atoms with Crippen LogP contribution in [0.2, 0.25) is 0 Å². The molecule has 1 aromatic heterocycles. The molecule has 0 amide bonds. The molecule has 14 heavy (non-hydrogen) atoms. The number of hydrogen-bond donors (Lipinski definition) is 1. The van der Waals surface area contributed by atoms with E-state index in [2.05, 4.69) is 16.8 Å². The van der Waals surface area contributed by atoms with Gasteiger partial charge in [0.2, 0.25) is 0 Å². The topological polar surface area (TPSA) is 55.3 Å². The van der Waals surface area contributed by atoms with Gasteiger partial charge in [0.25, 0.3) is 6.01 Å². The van der Waals surface area contributed by atoms with Crippen LogP contribution in [0.15, 0.2) is 10.7 Å². The largest absolute Gasteiger partial charge is 0.432 e. The molecule has 0 bridgehead atoms. The van der Waals surface area contributed by atoms with Crippen molar-refractivity contribution in [3.8, 4) is 0 Å². The maximum atomic E-state index is 5.48. The first kappa shape index (κ1) is 9.86. The van der Waals surface area contributed by atoms with E-state index >= 15 is 0 Å². The van der Waals surface area contributed by atoms with E-state index in [1.165, 1.54) is 0 Å². The van der Waals surface area contributed by atoms with Gasteiger partial charge in [0.15, 0.2) is 0 Å². The van der Waals surface area contributed by atoms with Gasteiger partial charge in [0.05, 0.1) is 5.69 Å². The molecular weight excluding hydrogens is 198 g/mol. The monoisotopic (exact) mass is 213 g/mol. The summed E-state index contributed by atoms with van der Waals surface area (Å²) in [5, 5.41) is 0. The number of aromatic nitrogens is 1. The highest BCUT2D eigenvalue weighted by Gasteiger charge is 2.22. The molecule has 2 rings (SSSR count). The first-order valence-corrected chi connectivity index (χ1v) is 5.95. The molecule has 5 heteroatoms. The van der Waals surface area contributed by atoms with Gasteiger partial charge in [-0.3, -0.25) is 0 Å². The summed E-state index contributed by atoms with van der Waals surface area (Å²) >= 11 is 1.98. The summed E-state index contributed by atoms with van der Waals surface area (Å²) in [5.41, 5.74) is 6.31. The third-order valence-electron chi connectivity index (χ3n) is 2.36. The van der Waals surface area contributed by atoms with Crippen LogP contribution >= 0.6 is 11.8 Å². The van der Waals surface area contributed by atoms with Gasteiger partial charge < -0.3 is 15.1 Å². The molecule has 1 saturated heterocycles. The molecule has 2 N–H and O–H groups in total. The van der Waals surface area contributed by atoms with Crippen LogP contribution in [0.1, 0.15) is 12.6 Å². The fraction of sp³-hybridized carbons (Fsp3) is 0.667. The highest BCUT2D eigenvalue weighted by molar-refractivity contribution is 7.99. The lowest BCUT2D eigenvalue weighted by Gasteiger charge is -2.31. The molecule has 1 unspecified atom stereocenters. The van der Waals surface area contributed by atoms with Crippen molar-refractivity contribution in [1.29, 1.82) is 0 Å². The summed E-state index contributed by atoms with van der Waals surface area (Å²) in [4.78, 5) is 6.53. The maximum absolute atomic E-state index is 5.48. The Hall–Kier alpha value is -0.680. The summed E-state index contributed by atoms with van der Waals surface area (Å²) in [6, 6.07) is 1.22. The van der Waals surface area contributed by atoms with Crippen molar-refractivity contribution in [3.63, 3.8) is 0 Å². The number of nitrogens with two attached hydrogens (primary N) is 1. The Kier molecular flexibility index (Phi) is 2.98. The van der Waals surface area contributed by atoms with Gasteiger partial charge >= 0.3 is 0 Å². The molecule has 78 valence electrons. The molecule has 1 aliphatic heterocycles. The SMILES string of the molecule is CC1CSCCN1c1nc(CN)co1. The molecule has 0 saturated carbocycles. The third kappa shape index (κ3) is 1.88. The predicted octanol–water partition coefficient (Wildman–Crippen LogP) is 1.07. The second-order valence-corrected chi connectivity index (χ2v) is 4.59. The van der Waals surface area contributed by atoms with Crippen molar-refractivity contribution in [2.75, 3.05) is 23.0 Å². The molecule has 0 aromatic carbocycles. The van der Waals surface area contributed by atoms with E-state index in [0.29, 0.717) is 12.6 Å². The minimum Gasteiger partial charge on any atom is -0.432 e. The zero-order chi connectivity index (χ0) is 9.97. The van der Waals surface area contributed by atoms with Gasteiger partial charge in [-0.2, -0.15) is 16.7 Å². The predicted molar refractivity (Wildman–Crippen MR) is 58.5 cm³/mol. The number of rotatable bonds is 2. The average molecular weight is 213 g/mol. The van der Waals surface area contributed by atoms with E-state index in [1.807, 2.05) is 11.8 Å². The quantitative estimate of drug-likeness (QED) is 0.796. The van der Waals surface area contributed by atoms with Crippen LogP contribution in [-0.4, -0.2) is 29.1 Å². The molecule has 4 nitrogen and oxygen atoms in total. The van der Waals surface area contributed by atoms with Crippen LogP contribution in [-0.2, 0) is 6.54 Å². The number of nitrogens with zero attached hydrogens (tertiary/aromatic N) is 2. The van der Waals surface area contributed by atoms with Gasteiger partial charge in [-0.25, -0.2) is 0 Å². The van der Waals surface area contributed by atoms with Crippen molar-refractivity contribution in [2.24, 2.45) is 5.73 Å². The summed E-state index contributed by atoms with van der Waals surface area (Å²) in [6.45, 7) is 3.65. The fourth-order valence-corrected chi connectivity index (χ4v) is 2.55. The van der Waals surface area contributed by atoms with E-state index < -0.39 is 0 Å². The van der Waals surface area contributed by atoms with Gasteiger partial charge in [0.1, 0.15) is 6.26 Å². The molecule has 0 radical (unpaired) electrons. The van der Waals surface area contributed by atoms with Crippen molar-refractivity contribution < 1.29 is 4.42 Å². The van der Waals surface area contributed by atoms with Gasteiger partial charge in [-0.1, -0.05) is 0 Å². The standard InChI is InChI=1S/C9H15N3OS/c1-7-6-14-3-2-12(7)9-11-8(4-10)5-13-9/h5,7H,2-4,6,10H2,1H3. The number of anilines is 1. The van der Waals surface area contributed by atoms with Gasteiger partial charge in [0, 0.05) is 30.6 Å². The molecule has 1 aliphatic rings. The lowest BCUT2D eigenvalue weighted by Crippen LogP contribution is -2.40. The minimum atomic E-state index is 0.445. The van der Waals surface area contributed by atoms with Gasteiger partial charge in [-0.15, -0.1) is 0 Å². The van der Waals surface area contributed by atoms with Crippen LogP contribution in [0, 0.1) is 0 Å². The van der Waals surface area contributed by atoms with Crippen molar-refractivity contribution in [1.82, 2.24) is 4.98 Å². The Balaban J connectivity index is 2.12. The van der Waals surface area contributed by atoms with E-state index in [4.69, 9.17) is 10.2 Å². The van der Waals surface area contributed by atoms with Gasteiger partial charge in [-0.05, 0) is 6.92 Å². The Morgan fingerprint density at radius 2 is 2.64 bits per heavy atom. The highest BCUT2D eigenvalue weighted by atomic mass is 32.2. The van der Waals surface area contributed by atoms with Crippen LogP contribution in [0.5, 0.6) is 0 Å². The molecule has 1 atom stereocenters. The zero-order valence-corrected chi connectivity index (χ0v) is 9.09. The lowest BCUT2D eigenvalue weighted by atomic mass is 10.3. The minimum absolute atomic E-state index is 0.445. The summed E-state index contributed by atoms with van der Waals surface area (Å²) in [6.07, 6.45) is 1.64. The first-order valence-electron chi connectivity index (χ1n) is 4.80. The Bertz CT molecular complexity index is 302. The number of oxazole rings is 1. The molecule has 0 aliphatic carbocycles. The van der Waals surface area contributed by atoms with Crippen LogP contribution < -0.4 is 10.6 Å². The smallest absolute Gasteiger partial charge is 0.297 e. The second kappa shape index (κ2) is 4.23. The Morgan fingerprint density at radius 3 is 3.29 bits per heavy atom. The van der Waals surface area contributed by atoms with E-state index in [1.54, 1.807) is 6.26 Å². The first-order chi connectivity index (χ1) is 6.81. The third-order valence-corrected chi connectivity index (χ3v) is 3.55. The van der Waals surface area contributed by atoms with Crippen LogP contribution in [0.25, 0.3) is 0 Å². The lowest BCUT2D eigenvalue weighted by molar-refractivity contribution is 0.515. The molecule has 1 fully saturated rings. The molecular formula is C9H15N3OS. The summed E-state index contributed by atoms with van der Waals surface area (Å²) in [7, 11) is 0. The van der Waals surface area contributed by atoms with E-state index in [9.17, 15) is 0 Å². The highest BCUT2D eigenvalue weighted by Crippen LogP contribution is 2.22. The van der Waals surface area contributed by atoms with Crippen LogP contribution in [0.4, 0.5) is 6.01 Å². The van der Waals surface area contributed by atoms with E-state index in [-0.39, 0.29) is 0 Å². The number of thioether (sulfide) groups is 1. The average Bonchev–Trinajstić information content (AvgIpc) is 2.67. The maximum Gasteiger partial charge on any atom is 0.297 e. The fourth-order valence-electron chi connectivity index (χ4n) is 1.53. The van der Waals surface area contributed by atoms with Crippen molar-refractivity contribution >= 4 is 17.8 Å². The van der Waals surface area contributed by atoms with Crippen LogP contribution in [0.3, 0.4) is 0 Å². The van der Waals surface area contributed by atoms with E-state index in [0.717, 1.165) is 29.8 Å². The Morgan fingerprint density at radius 1 is 1.79 bits per heavy atom. The second-order valence-electron chi connectivity index (χ2n) is 3.44. The number of hydrogen-bond acceptors (Lipinski definition) is 5. The van der Waals surface area contributed by atoms with Crippen molar-refractivity contribution in [2.45, 2.75) is 19.5 Å². The molecule has 0 spiro atoms.